The first-order valence-electron chi connectivity index (χ1n) is 10.1. The summed E-state index contributed by atoms with van der Waals surface area (Å²) in [6, 6.07) is 12.0. The van der Waals surface area contributed by atoms with E-state index in [1.807, 2.05) is 37.3 Å². The van der Waals surface area contributed by atoms with Crippen LogP contribution in [0.5, 0.6) is 0 Å². The summed E-state index contributed by atoms with van der Waals surface area (Å²) in [4.78, 5) is 39.5. The molecule has 0 spiro atoms. The fourth-order valence-corrected chi connectivity index (χ4v) is 4.55. The monoisotopic (exact) mass is 482 g/mol. The number of urea groups is 1. The van der Waals surface area contributed by atoms with Crippen LogP contribution in [0.4, 0.5) is 4.79 Å². The first-order valence-corrected chi connectivity index (χ1v) is 10.9. The minimum atomic E-state index is -1.18. The Bertz CT molecular complexity index is 1280. The third-order valence-electron chi connectivity index (χ3n) is 5.84. The summed E-state index contributed by atoms with van der Waals surface area (Å²) < 4.78 is 6.21. The number of hydrogen-bond acceptors (Lipinski definition) is 4. The lowest BCUT2D eigenvalue weighted by Gasteiger charge is -2.22. The maximum Gasteiger partial charge on any atom is 0.336 e. The number of halogens is 1. The maximum absolute atomic E-state index is 13.3. The molecule has 2 heterocycles. The number of amides is 3. The average Bonchev–Trinajstić information content (AvgIpc) is 2.91. The second kappa shape index (κ2) is 7.64. The first kappa shape index (κ1) is 21.3. The summed E-state index contributed by atoms with van der Waals surface area (Å²) >= 11 is 3.41. The van der Waals surface area contributed by atoms with E-state index in [1.165, 1.54) is 6.07 Å². The number of carbonyl (C=O) groups excluding carboxylic acids is 2. The van der Waals surface area contributed by atoms with Gasteiger partial charge in [0.15, 0.2) is 0 Å². The molecule has 0 saturated carbocycles. The van der Waals surface area contributed by atoms with Gasteiger partial charge in [0.1, 0.15) is 11.1 Å². The molecule has 31 heavy (non-hydrogen) atoms. The van der Waals surface area contributed by atoms with Gasteiger partial charge in [-0.1, -0.05) is 41.9 Å². The van der Waals surface area contributed by atoms with E-state index in [-0.39, 0.29) is 18.4 Å². The van der Waals surface area contributed by atoms with E-state index >= 15 is 0 Å². The summed E-state index contributed by atoms with van der Waals surface area (Å²) in [6.45, 7) is 7.83. The molecular formula is C24H23BrN2O4. The van der Waals surface area contributed by atoms with Gasteiger partial charge in [-0.05, 0) is 66.3 Å². The molecule has 1 aliphatic rings. The van der Waals surface area contributed by atoms with Crippen molar-refractivity contribution in [1.29, 1.82) is 0 Å². The van der Waals surface area contributed by atoms with E-state index in [0.717, 1.165) is 25.9 Å². The molecule has 1 aliphatic heterocycles. The quantitative estimate of drug-likeness (QED) is 0.421. The molecule has 0 bridgehead atoms. The van der Waals surface area contributed by atoms with Crippen LogP contribution in [0.1, 0.15) is 48.9 Å². The number of rotatable bonds is 4. The second-order valence-electron chi connectivity index (χ2n) is 8.41. The fraction of sp³-hybridized carbons (Fsp3) is 0.292. The average molecular weight is 483 g/mol. The van der Waals surface area contributed by atoms with Gasteiger partial charge in [-0.25, -0.2) is 9.59 Å². The van der Waals surface area contributed by atoms with Crippen molar-refractivity contribution in [2.75, 3.05) is 0 Å². The molecule has 1 saturated heterocycles. The minimum Gasteiger partial charge on any atom is -0.423 e. The topological polar surface area (TPSA) is 79.6 Å². The smallest absolute Gasteiger partial charge is 0.336 e. The van der Waals surface area contributed by atoms with Crippen LogP contribution in [-0.4, -0.2) is 16.8 Å². The van der Waals surface area contributed by atoms with Crippen LogP contribution in [0, 0.1) is 6.92 Å². The Morgan fingerprint density at radius 2 is 1.87 bits per heavy atom. The largest absolute Gasteiger partial charge is 0.423 e. The molecule has 0 unspecified atom stereocenters. The van der Waals surface area contributed by atoms with Crippen molar-refractivity contribution in [3.8, 4) is 0 Å². The molecule has 1 N–H and O–H groups in total. The van der Waals surface area contributed by atoms with Crippen molar-refractivity contribution in [3.05, 3.63) is 79.6 Å². The minimum absolute atomic E-state index is 0.0169. The predicted molar refractivity (Wildman–Crippen MR) is 122 cm³/mol. The molecule has 6 nitrogen and oxygen atoms in total. The maximum atomic E-state index is 13.3. The van der Waals surface area contributed by atoms with Crippen molar-refractivity contribution >= 4 is 38.8 Å². The highest BCUT2D eigenvalue weighted by atomic mass is 79.9. The summed E-state index contributed by atoms with van der Waals surface area (Å²) in [7, 11) is 0. The van der Waals surface area contributed by atoms with E-state index < -0.39 is 17.2 Å². The highest BCUT2D eigenvalue weighted by Gasteiger charge is 2.49. The zero-order chi connectivity index (χ0) is 22.5. The second-order valence-corrected chi connectivity index (χ2v) is 9.32. The fourth-order valence-electron chi connectivity index (χ4n) is 4.15. The Morgan fingerprint density at radius 1 is 1.13 bits per heavy atom. The third-order valence-corrected chi connectivity index (χ3v) is 6.34. The van der Waals surface area contributed by atoms with E-state index in [4.69, 9.17) is 4.42 Å². The molecular weight excluding hydrogens is 460 g/mol. The van der Waals surface area contributed by atoms with Crippen molar-refractivity contribution in [2.24, 2.45) is 0 Å². The highest BCUT2D eigenvalue weighted by molar-refractivity contribution is 9.10. The van der Waals surface area contributed by atoms with Gasteiger partial charge in [0.05, 0.1) is 6.54 Å². The van der Waals surface area contributed by atoms with Gasteiger partial charge in [0, 0.05) is 15.9 Å². The summed E-state index contributed by atoms with van der Waals surface area (Å²) in [6.07, 6.45) is 0. The van der Waals surface area contributed by atoms with Crippen molar-refractivity contribution in [1.82, 2.24) is 10.2 Å². The lowest BCUT2D eigenvalue weighted by Crippen LogP contribution is -2.40. The molecule has 3 amide bonds. The number of hydrogen-bond donors (Lipinski definition) is 1. The number of benzene rings is 2. The zero-order valence-electron chi connectivity index (χ0n) is 17.8. The van der Waals surface area contributed by atoms with Crippen LogP contribution in [0.25, 0.3) is 11.0 Å². The number of carbonyl (C=O) groups is 2. The van der Waals surface area contributed by atoms with Gasteiger partial charge >= 0.3 is 11.7 Å². The normalized spacial score (nSPS) is 18.8. The third kappa shape index (κ3) is 3.67. The Morgan fingerprint density at radius 3 is 2.55 bits per heavy atom. The molecule has 4 rings (SSSR count). The van der Waals surface area contributed by atoms with Crippen LogP contribution in [-0.2, 0) is 16.9 Å². The molecule has 0 aliphatic carbocycles. The number of aryl methyl sites for hydroxylation is 1. The molecule has 3 aromatic rings. The van der Waals surface area contributed by atoms with E-state index in [2.05, 4.69) is 35.1 Å². The van der Waals surface area contributed by atoms with Crippen LogP contribution in [0.15, 0.2) is 56.1 Å². The van der Waals surface area contributed by atoms with Crippen molar-refractivity contribution < 1.29 is 14.0 Å². The number of fused-ring (bicyclic) bond motifs is 1. The van der Waals surface area contributed by atoms with Gasteiger partial charge in [-0.3, -0.25) is 9.69 Å². The van der Waals surface area contributed by atoms with Crippen LogP contribution >= 0.6 is 15.9 Å². The molecule has 0 radical (unpaired) electrons. The molecule has 1 atom stereocenters. The van der Waals surface area contributed by atoms with Gasteiger partial charge < -0.3 is 9.73 Å². The van der Waals surface area contributed by atoms with Gasteiger partial charge in [-0.2, -0.15) is 0 Å². The highest BCUT2D eigenvalue weighted by Crippen LogP contribution is 2.33. The Balaban J connectivity index is 1.77. The van der Waals surface area contributed by atoms with E-state index in [0.29, 0.717) is 16.7 Å². The SMILES string of the molecule is Cc1cc2oc(=O)cc(CN3C(=O)N[C@@](C)(c4cccc(Br)c4)C3=O)c2cc1C(C)C. The lowest BCUT2D eigenvalue weighted by atomic mass is 9.92. The standard InChI is InChI=1S/C24H23BrN2O4/c1-13(2)18-11-19-15(9-21(28)31-20(19)8-14(18)3)12-27-22(29)24(4,26-23(27)30)16-6-5-7-17(25)10-16/h5-11,13H,12H2,1-4H3,(H,26,30)/t24-/m0/s1. The summed E-state index contributed by atoms with van der Waals surface area (Å²) in [5.41, 5.74) is 2.16. The van der Waals surface area contributed by atoms with Crippen molar-refractivity contribution in [2.45, 2.75) is 45.7 Å². The number of nitrogens with zero attached hydrogens (tertiary/aromatic N) is 1. The number of nitrogens with one attached hydrogen (secondary N) is 1. The summed E-state index contributed by atoms with van der Waals surface area (Å²) in [5.74, 6) is -0.0890. The molecule has 7 heteroatoms. The van der Waals surface area contributed by atoms with E-state index in [9.17, 15) is 14.4 Å². The van der Waals surface area contributed by atoms with Crippen molar-refractivity contribution in [3.63, 3.8) is 0 Å². The zero-order valence-corrected chi connectivity index (χ0v) is 19.4. The molecule has 1 fully saturated rings. The molecule has 2 aromatic carbocycles. The lowest BCUT2D eigenvalue weighted by molar-refractivity contribution is -0.131. The van der Waals surface area contributed by atoms with Crippen LogP contribution < -0.4 is 10.9 Å². The first-order chi connectivity index (χ1) is 14.6. The predicted octanol–water partition coefficient (Wildman–Crippen LogP) is 4.95. The van der Waals surface area contributed by atoms with Gasteiger partial charge in [-0.15, -0.1) is 0 Å². The summed E-state index contributed by atoms with van der Waals surface area (Å²) in [5, 5.41) is 3.54. The van der Waals surface area contributed by atoms with Crippen LogP contribution in [0.3, 0.4) is 0 Å². The molecule has 1 aromatic heterocycles. The Kier molecular flexibility index (Phi) is 5.25. The van der Waals surface area contributed by atoms with E-state index in [1.54, 1.807) is 13.0 Å². The van der Waals surface area contributed by atoms with Gasteiger partial charge in [0.25, 0.3) is 5.91 Å². The van der Waals surface area contributed by atoms with Crippen LogP contribution in [0.2, 0.25) is 0 Å². The molecule has 160 valence electrons. The van der Waals surface area contributed by atoms with Gasteiger partial charge in [0.2, 0.25) is 0 Å². The number of imide groups is 1. The Labute approximate surface area is 188 Å². The Hall–Kier alpha value is -2.93.